The van der Waals surface area contributed by atoms with Crippen molar-refractivity contribution in [2.24, 2.45) is 0 Å². The van der Waals surface area contributed by atoms with E-state index in [9.17, 15) is 4.79 Å². The average Bonchev–Trinajstić information content (AvgIpc) is 3.10. The third-order valence-electron chi connectivity index (χ3n) is 3.07. The second kappa shape index (κ2) is 5.53. The van der Waals surface area contributed by atoms with Crippen LogP contribution in [-0.4, -0.2) is 24.1 Å². The Bertz CT molecular complexity index is 831. The number of ether oxygens (including phenoxy) is 2. The summed E-state index contributed by atoms with van der Waals surface area (Å²) in [7, 11) is 0. The maximum Gasteiger partial charge on any atom is 0.267 e. The molecule has 3 aromatic rings. The number of aromatic nitrogens is 1. The molecular weight excluding hydrogens is 388 g/mol. The van der Waals surface area contributed by atoms with Gasteiger partial charge in [-0.2, -0.15) is 0 Å². The topological polar surface area (TPSA) is 60.5 Å². The monoisotopic (exact) mass is 396 g/mol. The lowest BCUT2D eigenvalue weighted by atomic mass is 10.3. The zero-order chi connectivity index (χ0) is 15.1. The average molecular weight is 397 g/mol. The lowest BCUT2D eigenvalue weighted by Gasteiger charge is -2.17. The van der Waals surface area contributed by atoms with Gasteiger partial charge in [-0.25, -0.2) is 4.98 Å². The van der Waals surface area contributed by atoms with Gasteiger partial charge in [0.25, 0.3) is 5.91 Å². The van der Waals surface area contributed by atoms with Crippen LogP contribution in [0.4, 0.5) is 5.13 Å². The van der Waals surface area contributed by atoms with Gasteiger partial charge in [0.1, 0.15) is 13.2 Å². The van der Waals surface area contributed by atoms with Gasteiger partial charge in [0.05, 0.1) is 18.9 Å². The highest BCUT2D eigenvalue weighted by molar-refractivity contribution is 9.11. The molecule has 2 aromatic heterocycles. The highest BCUT2D eigenvalue weighted by Crippen LogP contribution is 2.38. The second-order valence-electron chi connectivity index (χ2n) is 4.54. The zero-order valence-corrected chi connectivity index (χ0v) is 14.3. The van der Waals surface area contributed by atoms with Crippen LogP contribution in [0.5, 0.6) is 11.5 Å². The summed E-state index contributed by atoms with van der Waals surface area (Å²) < 4.78 is 13.0. The molecule has 0 spiro atoms. The van der Waals surface area contributed by atoms with Crippen molar-refractivity contribution in [3.8, 4) is 11.5 Å². The third-order valence-corrected chi connectivity index (χ3v) is 5.63. The fourth-order valence-corrected chi connectivity index (χ4v) is 4.27. The predicted molar refractivity (Wildman–Crippen MR) is 90.6 cm³/mol. The number of nitrogens with zero attached hydrogens (tertiary/aromatic N) is 1. The quantitative estimate of drug-likeness (QED) is 0.706. The van der Waals surface area contributed by atoms with Crippen LogP contribution in [-0.2, 0) is 0 Å². The Morgan fingerprint density at radius 2 is 1.95 bits per heavy atom. The van der Waals surface area contributed by atoms with Crippen molar-refractivity contribution in [3.63, 3.8) is 0 Å². The fourth-order valence-electron chi connectivity index (χ4n) is 2.11. The third kappa shape index (κ3) is 2.57. The Kier molecular flexibility index (Phi) is 3.51. The van der Waals surface area contributed by atoms with Crippen LogP contribution in [0.25, 0.3) is 10.2 Å². The van der Waals surface area contributed by atoms with E-state index in [1.165, 1.54) is 22.7 Å². The van der Waals surface area contributed by atoms with Crippen LogP contribution < -0.4 is 14.8 Å². The summed E-state index contributed by atoms with van der Waals surface area (Å²) in [5.41, 5.74) is 0.789. The Hall–Kier alpha value is -1.64. The van der Waals surface area contributed by atoms with E-state index in [-0.39, 0.29) is 5.91 Å². The number of anilines is 1. The molecule has 0 saturated carbocycles. The molecule has 1 aliphatic heterocycles. The van der Waals surface area contributed by atoms with Gasteiger partial charge >= 0.3 is 0 Å². The fraction of sp³-hybridized carbons (Fsp3) is 0.143. The van der Waals surface area contributed by atoms with Crippen LogP contribution in [0, 0.1) is 0 Å². The molecule has 0 aliphatic carbocycles. The molecular formula is C14H9BrN2O3S2. The van der Waals surface area contributed by atoms with Gasteiger partial charge < -0.3 is 9.47 Å². The Balaban J connectivity index is 1.63. The van der Waals surface area contributed by atoms with Gasteiger partial charge in [-0.05, 0) is 28.1 Å². The van der Waals surface area contributed by atoms with E-state index in [1.54, 1.807) is 6.07 Å². The summed E-state index contributed by atoms with van der Waals surface area (Å²) in [6.45, 7) is 1.09. The standard InChI is InChI=1S/C14H9BrN2O3S2/c15-12-2-1-10(21-12)13(18)17-14-16-7-5-8-9(6-11(7)22-14)20-4-3-19-8/h1-2,5-6H,3-4H2,(H,16,17,18). The van der Waals surface area contributed by atoms with Crippen molar-refractivity contribution < 1.29 is 14.3 Å². The first kappa shape index (κ1) is 14.0. The number of rotatable bonds is 2. The summed E-state index contributed by atoms with van der Waals surface area (Å²) in [6.07, 6.45) is 0. The minimum atomic E-state index is -0.160. The van der Waals surface area contributed by atoms with E-state index in [0.717, 1.165) is 19.8 Å². The number of thiophene rings is 1. The second-order valence-corrected chi connectivity index (χ2v) is 8.03. The summed E-state index contributed by atoms with van der Waals surface area (Å²) in [6, 6.07) is 7.37. The zero-order valence-electron chi connectivity index (χ0n) is 11.1. The van der Waals surface area contributed by atoms with Crippen molar-refractivity contribution in [1.82, 2.24) is 4.98 Å². The molecule has 3 heterocycles. The highest BCUT2D eigenvalue weighted by Gasteiger charge is 2.16. The SMILES string of the molecule is O=C(Nc1nc2cc3c(cc2s1)OCCO3)c1ccc(Br)s1. The van der Waals surface area contributed by atoms with Crippen LogP contribution in [0.1, 0.15) is 9.67 Å². The van der Waals surface area contributed by atoms with E-state index in [0.29, 0.717) is 29.0 Å². The molecule has 1 aromatic carbocycles. The number of carbonyl (C=O) groups excluding carboxylic acids is 1. The van der Waals surface area contributed by atoms with Crippen LogP contribution in [0.15, 0.2) is 28.1 Å². The van der Waals surface area contributed by atoms with Gasteiger partial charge in [-0.3, -0.25) is 10.1 Å². The molecule has 0 unspecified atom stereocenters. The minimum Gasteiger partial charge on any atom is -0.486 e. The summed E-state index contributed by atoms with van der Waals surface area (Å²) in [5, 5.41) is 3.39. The van der Waals surface area contributed by atoms with E-state index >= 15 is 0 Å². The van der Waals surface area contributed by atoms with E-state index in [4.69, 9.17) is 9.47 Å². The molecule has 1 aliphatic rings. The lowest BCUT2D eigenvalue weighted by Crippen LogP contribution is -2.15. The molecule has 0 bridgehead atoms. The molecule has 112 valence electrons. The van der Waals surface area contributed by atoms with Gasteiger partial charge in [0, 0.05) is 12.1 Å². The van der Waals surface area contributed by atoms with Crippen LogP contribution in [0.3, 0.4) is 0 Å². The van der Waals surface area contributed by atoms with Gasteiger partial charge in [0.15, 0.2) is 16.6 Å². The Labute approximate surface area is 142 Å². The summed E-state index contributed by atoms with van der Waals surface area (Å²) in [5.74, 6) is 1.26. The maximum atomic E-state index is 12.2. The molecule has 8 heteroatoms. The number of amides is 1. The van der Waals surface area contributed by atoms with Gasteiger partial charge in [-0.1, -0.05) is 11.3 Å². The van der Waals surface area contributed by atoms with Crippen molar-refractivity contribution in [2.45, 2.75) is 0 Å². The smallest absolute Gasteiger partial charge is 0.267 e. The summed E-state index contributed by atoms with van der Waals surface area (Å²) >= 11 is 6.15. The van der Waals surface area contributed by atoms with E-state index in [1.807, 2.05) is 18.2 Å². The predicted octanol–water partition coefficient (Wildman–Crippen LogP) is 4.14. The van der Waals surface area contributed by atoms with Gasteiger partial charge in [0.2, 0.25) is 0 Å². The van der Waals surface area contributed by atoms with Crippen molar-refractivity contribution in [3.05, 3.63) is 32.9 Å². The van der Waals surface area contributed by atoms with Crippen molar-refractivity contribution in [1.29, 1.82) is 0 Å². The number of fused-ring (bicyclic) bond motifs is 2. The molecule has 4 rings (SSSR count). The number of halogens is 1. The maximum absolute atomic E-state index is 12.2. The first-order chi connectivity index (χ1) is 10.7. The van der Waals surface area contributed by atoms with Crippen LogP contribution in [0.2, 0.25) is 0 Å². The molecule has 1 N–H and O–H groups in total. The number of benzene rings is 1. The molecule has 22 heavy (non-hydrogen) atoms. The largest absolute Gasteiger partial charge is 0.486 e. The number of thiazole rings is 1. The molecule has 0 radical (unpaired) electrons. The number of hydrogen-bond donors (Lipinski definition) is 1. The summed E-state index contributed by atoms with van der Waals surface area (Å²) in [4.78, 5) is 17.2. The van der Waals surface area contributed by atoms with Gasteiger partial charge in [-0.15, -0.1) is 11.3 Å². The highest BCUT2D eigenvalue weighted by atomic mass is 79.9. The van der Waals surface area contributed by atoms with Crippen molar-refractivity contribution >= 4 is 59.9 Å². The molecule has 1 amide bonds. The Morgan fingerprint density at radius 3 is 2.68 bits per heavy atom. The molecule has 5 nitrogen and oxygen atoms in total. The molecule has 0 saturated heterocycles. The van der Waals surface area contributed by atoms with E-state index in [2.05, 4.69) is 26.2 Å². The first-order valence-corrected chi connectivity index (χ1v) is 8.88. The van der Waals surface area contributed by atoms with E-state index < -0.39 is 0 Å². The Morgan fingerprint density at radius 1 is 1.18 bits per heavy atom. The number of nitrogens with one attached hydrogen (secondary N) is 1. The number of hydrogen-bond acceptors (Lipinski definition) is 6. The lowest BCUT2D eigenvalue weighted by molar-refractivity contribution is 0.103. The normalized spacial score (nSPS) is 13.3. The van der Waals surface area contributed by atoms with Crippen LogP contribution >= 0.6 is 38.6 Å². The molecule has 0 atom stereocenters. The number of carbonyl (C=O) groups is 1. The first-order valence-electron chi connectivity index (χ1n) is 6.46. The molecule has 0 fully saturated rings. The minimum absolute atomic E-state index is 0.160. The van der Waals surface area contributed by atoms with Crippen molar-refractivity contribution in [2.75, 3.05) is 18.5 Å².